The van der Waals surface area contributed by atoms with Gasteiger partial charge in [-0.2, -0.15) is 0 Å². The van der Waals surface area contributed by atoms with Crippen LogP contribution in [0.15, 0.2) is 24.3 Å². The first-order valence-electron chi connectivity index (χ1n) is 9.75. The van der Waals surface area contributed by atoms with Gasteiger partial charge in [0.05, 0.1) is 14.2 Å². The molecule has 1 aliphatic rings. The van der Waals surface area contributed by atoms with E-state index in [1.807, 2.05) is 25.1 Å². The fourth-order valence-electron chi connectivity index (χ4n) is 3.56. The Morgan fingerprint density at radius 3 is 2.44 bits per heavy atom. The van der Waals surface area contributed by atoms with Gasteiger partial charge in [-0.1, -0.05) is 25.3 Å². The fourth-order valence-corrected chi connectivity index (χ4v) is 3.56. The number of rotatable bonds is 8. The molecule has 0 radical (unpaired) electrons. The Kier molecular flexibility index (Phi) is 6.74. The van der Waals surface area contributed by atoms with Crippen molar-refractivity contribution in [2.75, 3.05) is 31.4 Å². The number of aryl methyl sites for hydroxylation is 1. The zero-order chi connectivity index (χ0) is 19.1. The lowest BCUT2D eigenvalue weighted by atomic mass is 9.95. The summed E-state index contributed by atoms with van der Waals surface area (Å²) in [5.41, 5.74) is 1.19. The summed E-state index contributed by atoms with van der Waals surface area (Å²) in [6, 6.07) is 8.56. The van der Waals surface area contributed by atoms with Gasteiger partial charge < -0.3 is 20.1 Å². The van der Waals surface area contributed by atoms with Crippen LogP contribution in [0.3, 0.4) is 0 Å². The van der Waals surface area contributed by atoms with Crippen LogP contribution in [0.25, 0.3) is 0 Å². The highest BCUT2D eigenvalue weighted by atomic mass is 16.5. The van der Waals surface area contributed by atoms with Crippen LogP contribution < -0.4 is 20.1 Å². The van der Waals surface area contributed by atoms with Crippen LogP contribution in [0.2, 0.25) is 0 Å². The Morgan fingerprint density at radius 1 is 0.963 bits per heavy atom. The molecule has 0 aliphatic heterocycles. The fraction of sp³-hybridized carbons (Fsp3) is 0.524. The smallest absolute Gasteiger partial charge is 0.160 e. The summed E-state index contributed by atoms with van der Waals surface area (Å²) in [5.74, 6) is 4.07. The topological polar surface area (TPSA) is 68.3 Å². The molecule has 0 bridgehead atoms. The van der Waals surface area contributed by atoms with Gasteiger partial charge in [0.2, 0.25) is 0 Å². The minimum atomic E-state index is 0.535. The maximum atomic E-state index is 5.37. The number of ether oxygens (including phenoxy) is 2. The van der Waals surface area contributed by atoms with Crippen molar-refractivity contribution in [2.45, 2.75) is 51.5 Å². The summed E-state index contributed by atoms with van der Waals surface area (Å²) in [7, 11) is 3.31. The maximum Gasteiger partial charge on any atom is 0.160 e. The predicted molar refractivity (Wildman–Crippen MR) is 109 cm³/mol. The highest BCUT2D eigenvalue weighted by Crippen LogP contribution is 2.27. The highest BCUT2D eigenvalue weighted by molar-refractivity contribution is 5.48. The molecule has 27 heavy (non-hydrogen) atoms. The molecule has 146 valence electrons. The van der Waals surface area contributed by atoms with Crippen molar-refractivity contribution in [3.8, 4) is 11.5 Å². The lowest BCUT2D eigenvalue weighted by Crippen LogP contribution is -2.23. The van der Waals surface area contributed by atoms with E-state index in [1.165, 1.54) is 37.7 Å². The molecule has 2 aromatic rings. The van der Waals surface area contributed by atoms with Gasteiger partial charge in [-0.3, -0.25) is 0 Å². The number of aromatic nitrogens is 2. The predicted octanol–water partition coefficient (Wildman–Crippen LogP) is 4.20. The van der Waals surface area contributed by atoms with Gasteiger partial charge in [0.25, 0.3) is 0 Å². The third-order valence-electron chi connectivity index (χ3n) is 4.96. The zero-order valence-corrected chi connectivity index (χ0v) is 16.5. The molecule has 0 unspecified atom stereocenters. The van der Waals surface area contributed by atoms with Crippen molar-refractivity contribution in [2.24, 2.45) is 0 Å². The van der Waals surface area contributed by atoms with E-state index in [0.717, 1.165) is 41.9 Å². The monoisotopic (exact) mass is 370 g/mol. The van der Waals surface area contributed by atoms with Crippen molar-refractivity contribution >= 4 is 11.6 Å². The first-order valence-corrected chi connectivity index (χ1v) is 9.75. The molecule has 1 fully saturated rings. The van der Waals surface area contributed by atoms with E-state index in [-0.39, 0.29) is 0 Å². The number of hydrogen-bond acceptors (Lipinski definition) is 6. The summed E-state index contributed by atoms with van der Waals surface area (Å²) >= 11 is 0. The average molecular weight is 370 g/mol. The van der Waals surface area contributed by atoms with Gasteiger partial charge in [-0.25, -0.2) is 9.97 Å². The Morgan fingerprint density at radius 2 is 1.70 bits per heavy atom. The van der Waals surface area contributed by atoms with Crippen LogP contribution >= 0.6 is 0 Å². The molecule has 1 aromatic carbocycles. The number of benzene rings is 1. The SMILES string of the molecule is COc1ccc(CCNc2cc(NC3CCCCC3)nc(C)n2)cc1OC. The molecular weight excluding hydrogens is 340 g/mol. The van der Waals surface area contributed by atoms with E-state index in [9.17, 15) is 0 Å². The quantitative estimate of drug-likeness (QED) is 0.726. The Bertz CT molecular complexity index is 745. The third-order valence-corrected chi connectivity index (χ3v) is 4.96. The number of methoxy groups -OCH3 is 2. The van der Waals surface area contributed by atoms with Crippen molar-refractivity contribution in [3.05, 3.63) is 35.7 Å². The standard InChI is InChI=1S/C21H30N4O2/c1-15-23-20(14-21(24-15)25-17-7-5-4-6-8-17)22-12-11-16-9-10-18(26-2)19(13-16)27-3/h9-10,13-14,17H,4-8,11-12H2,1-3H3,(H2,22,23,24,25). The average Bonchev–Trinajstić information content (AvgIpc) is 2.68. The van der Waals surface area contributed by atoms with Crippen molar-refractivity contribution in [1.29, 1.82) is 0 Å². The van der Waals surface area contributed by atoms with Crippen molar-refractivity contribution in [3.63, 3.8) is 0 Å². The second-order valence-corrected chi connectivity index (χ2v) is 7.03. The van der Waals surface area contributed by atoms with Gasteiger partial charge in [0.1, 0.15) is 17.5 Å². The first-order chi connectivity index (χ1) is 13.2. The van der Waals surface area contributed by atoms with Crippen molar-refractivity contribution in [1.82, 2.24) is 9.97 Å². The van der Waals surface area contributed by atoms with Crippen LogP contribution in [0, 0.1) is 6.92 Å². The number of hydrogen-bond donors (Lipinski definition) is 2. The summed E-state index contributed by atoms with van der Waals surface area (Å²) in [6.45, 7) is 2.72. The number of nitrogens with one attached hydrogen (secondary N) is 2. The molecule has 0 atom stereocenters. The van der Waals surface area contributed by atoms with Gasteiger partial charge in [0, 0.05) is 18.7 Å². The largest absolute Gasteiger partial charge is 0.493 e. The second-order valence-electron chi connectivity index (χ2n) is 7.03. The molecule has 0 spiro atoms. The molecule has 1 heterocycles. The molecule has 3 rings (SSSR count). The Hall–Kier alpha value is -2.50. The zero-order valence-electron chi connectivity index (χ0n) is 16.5. The van der Waals surface area contributed by atoms with Crippen LogP contribution in [0.4, 0.5) is 11.6 Å². The van der Waals surface area contributed by atoms with Crippen LogP contribution in [0.1, 0.15) is 43.5 Å². The summed E-state index contributed by atoms with van der Waals surface area (Å²) in [6.07, 6.45) is 7.28. The van der Waals surface area contributed by atoms with Gasteiger partial charge in [-0.05, 0) is 43.9 Å². The van der Waals surface area contributed by atoms with E-state index < -0.39 is 0 Å². The van der Waals surface area contributed by atoms with Crippen LogP contribution in [0.5, 0.6) is 11.5 Å². The first kappa shape index (κ1) is 19.3. The molecule has 0 amide bonds. The van der Waals surface area contributed by atoms with E-state index >= 15 is 0 Å². The summed E-state index contributed by atoms with van der Waals surface area (Å²) < 4.78 is 10.7. The number of nitrogens with zero attached hydrogens (tertiary/aromatic N) is 2. The molecule has 1 aliphatic carbocycles. The summed E-state index contributed by atoms with van der Waals surface area (Å²) in [5, 5.41) is 6.99. The third kappa shape index (κ3) is 5.49. The van der Waals surface area contributed by atoms with Gasteiger partial charge in [0.15, 0.2) is 11.5 Å². The van der Waals surface area contributed by atoms with E-state index in [1.54, 1.807) is 14.2 Å². The van der Waals surface area contributed by atoms with Crippen LogP contribution in [-0.4, -0.2) is 36.8 Å². The summed E-state index contributed by atoms with van der Waals surface area (Å²) in [4.78, 5) is 9.06. The minimum absolute atomic E-state index is 0.535. The highest BCUT2D eigenvalue weighted by Gasteiger charge is 2.14. The Balaban J connectivity index is 1.57. The molecule has 0 saturated heterocycles. The minimum Gasteiger partial charge on any atom is -0.493 e. The molecule has 2 N–H and O–H groups in total. The van der Waals surface area contributed by atoms with Crippen LogP contribution in [-0.2, 0) is 6.42 Å². The molecule has 6 heteroatoms. The maximum absolute atomic E-state index is 5.37. The lowest BCUT2D eigenvalue weighted by Gasteiger charge is -2.23. The second kappa shape index (κ2) is 9.44. The Labute approximate surface area is 161 Å². The normalized spacial score (nSPS) is 14.6. The van der Waals surface area contributed by atoms with Gasteiger partial charge >= 0.3 is 0 Å². The molecule has 6 nitrogen and oxygen atoms in total. The molecule has 1 saturated carbocycles. The number of anilines is 2. The molecule has 1 aromatic heterocycles. The van der Waals surface area contributed by atoms with E-state index in [2.05, 4.69) is 26.7 Å². The molecular formula is C21H30N4O2. The van der Waals surface area contributed by atoms with E-state index in [0.29, 0.717) is 6.04 Å². The van der Waals surface area contributed by atoms with Gasteiger partial charge in [-0.15, -0.1) is 0 Å². The van der Waals surface area contributed by atoms with Crippen molar-refractivity contribution < 1.29 is 9.47 Å². The lowest BCUT2D eigenvalue weighted by molar-refractivity contribution is 0.354. The van der Waals surface area contributed by atoms with E-state index in [4.69, 9.17) is 9.47 Å².